The molecule has 31 heavy (non-hydrogen) atoms. The second-order valence-corrected chi connectivity index (χ2v) is 9.18. The standard InChI is InChI=1S/C23H35N3O5/c1-23(2,3)31-21(27)24-19-15-20(16-19)29-14-13-25-9-11-26(12-10-25)22(28)30-17-18-7-5-4-6-8-18/h4-8,19-20H,9-17H2,1-3H3,(H,24,27). The van der Waals surface area contributed by atoms with E-state index in [0.29, 0.717) is 26.3 Å². The van der Waals surface area contributed by atoms with Gasteiger partial charge < -0.3 is 24.4 Å². The van der Waals surface area contributed by atoms with Crippen LogP contribution >= 0.6 is 0 Å². The third kappa shape index (κ3) is 8.03. The van der Waals surface area contributed by atoms with Crippen LogP contribution in [0, 0.1) is 0 Å². The zero-order chi connectivity index (χ0) is 22.3. The van der Waals surface area contributed by atoms with E-state index in [2.05, 4.69) is 10.2 Å². The largest absolute Gasteiger partial charge is 0.445 e. The number of benzene rings is 1. The molecule has 2 amide bonds. The van der Waals surface area contributed by atoms with Gasteiger partial charge in [0, 0.05) is 38.8 Å². The fraction of sp³-hybridized carbons (Fsp3) is 0.652. The molecular formula is C23H35N3O5. The lowest BCUT2D eigenvalue weighted by molar-refractivity contribution is -0.0298. The van der Waals surface area contributed by atoms with Crippen LogP contribution in [0.2, 0.25) is 0 Å². The maximum atomic E-state index is 12.2. The number of rotatable bonds is 7. The van der Waals surface area contributed by atoms with E-state index in [1.54, 1.807) is 4.90 Å². The Kier molecular flexibility index (Phi) is 8.15. The smallest absolute Gasteiger partial charge is 0.410 e. The Morgan fingerprint density at radius 2 is 1.74 bits per heavy atom. The molecule has 1 aliphatic carbocycles. The van der Waals surface area contributed by atoms with E-state index < -0.39 is 5.60 Å². The lowest BCUT2D eigenvalue weighted by Crippen LogP contribution is -2.51. The fourth-order valence-electron chi connectivity index (χ4n) is 3.61. The molecule has 2 aliphatic rings. The molecule has 1 aromatic carbocycles. The minimum absolute atomic E-state index is 0.130. The van der Waals surface area contributed by atoms with Crippen molar-refractivity contribution in [2.75, 3.05) is 39.3 Å². The number of amides is 2. The number of ether oxygens (including phenoxy) is 3. The number of piperazine rings is 1. The molecule has 0 unspecified atom stereocenters. The number of carbonyl (C=O) groups is 2. The molecule has 1 saturated heterocycles. The molecule has 0 aromatic heterocycles. The van der Waals surface area contributed by atoms with Crippen molar-refractivity contribution in [1.82, 2.24) is 15.1 Å². The molecule has 1 aliphatic heterocycles. The van der Waals surface area contributed by atoms with Gasteiger partial charge in [-0.3, -0.25) is 4.90 Å². The van der Waals surface area contributed by atoms with Gasteiger partial charge >= 0.3 is 12.2 Å². The first kappa shape index (κ1) is 23.3. The minimum Gasteiger partial charge on any atom is -0.445 e. The third-order valence-electron chi connectivity index (χ3n) is 5.41. The number of hydrogen-bond acceptors (Lipinski definition) is 6. The Morgan fingerprint density at radius 3 is 2.39 bits per heavy atom. The average molecular weight is 434 g/mol. The Balaban J connectivity index is 1.22. The molecule has 0 radical (unpaired) electrons. The van der Waals surface area contributed by atoms with Crippen molar-refractivity contribution < 1.29 is 23.8 Å². The van der Waals surface area contributed by atoms with Crippen molar-refractivity contribution >= 4 is 12.2 Å². The van der Waals surface area contributed by atoms with Crippen molar-refractivity contribution in [3.63, 3.8) is 0 Å². The Labute approximate surface area is 184 Å². The SMILES string of the molecule is CC(C)(C)OC(=O)NC1CC(OCCN2CCN(C(=O)OCc3ccccc3)CC2)C1. The van der Waals surface area contributed by atoms with Gasteiger partial charge in [0.1, 0.15) is 12.2 Å². The lowest BCUT2D eigenvalue weighted by atomic mass is 9.89. The summed E-state index contributed by atoms with van der Waals surface area (Å²) in [6.07, 6.45) is 1.21. The first-order chi connectivity index (χ1) is 14.8. The van der Waals surface area contributed by atoms with Gasteiger partial charge in [0.05, 0.1) is 12.7 Å². The van der Waals surface area contributed by atoms with Gasteiger partial charge in [-0.1, -0.05) is 30.3 Å². The van der Waals surface area contributed by atoms with Gasteiger partial charge in [-0.2, -0.15) is 0 Å². The molecule has 0 bridgehead atoms. The van der Waals surface area contributed by atoms with Crippen LogP contribution in [0.15, 0.2) is 30.3 Å². The van der Waals surface area contributed by atoms with Gasteiger partial charge in [0.2, 0.25) is 0 Å². The summed E-state index contributed by atoms with van der Waals surface area (Å²) >= 11 is 0. The second-order valence-electron chi connectivity index (χ2n) is 9.18. The highest BCUT2D eigenvalue weighted by molar-refractivity contribution is 5.68. The highest BCUT2D eigenvalue weighted by Gasteiger charge is 2.32. The van der Waals surface area contributed by atoms with E-state index in [0.717, 1.165) is 38.0 Å². The maximum Gasteiger partial charge on any atom is 0.410 e. The number of carbonyl (C=O) groups excluding carboxylic acids is 2. The summed E-state index contributed by atoms with van der Waals surface area (Å²) in [4.78, 5) is 28.1. The molecule has 1 aromatic rings. The van der Waals surface area contributed by atoms with Crippen molar-refractivity contribution in [1.29, 1.82) is 0 Å². The van der Waals surface area contributed by atoms with Crippen LogP contribution in [-0.4, -0.2) is 79.1 Å². The summed E-state index contributed by atoms with van der Waals surface area (Å²) in [5, 5.41) is 2.88. The zero-order valence-electron chi connectivity index (χ0n) is 18.8. The molecule has 1 N–H and O–H groups in total. The van der Waals surface area contributed by atoms with Crippen molar-refractivity contribution in [3.8, 4) is 0 Å². The summed E-state index contributed by atoms with van der Waals surface area (Å²) < 4.78 is 16.6. The first-order valence-corrected chi connectivity index (χ1v) is 11.1. The van der Waals surface area contributed by atoms with E-state index in [-0.39, 0.29) is 24.3 Å². The lowest BCUT2D eigenvalue weighted by Gasteiger charge is -2.37. The highest BCUT2D eigenvalue weighted by Crippen LogP contribution is 2.24. The Bertz CT molecular complexity index is 708. The van der Waals surface area contributed by atoms with Crippen LogP contribution in [0.1, 0.15) is 39.2 Å². The quantitative estimate of drug-likeness (QED) is 0.712. The summed E-state index contributed by atoms with van der Waals surface area (Å²) in [6.45, 7) is 10.3. The molecule has 8 heteroatoms. The van der Waals surface area contributed by atoms with Crippen LogP contribution in [0.3, 0.4) is 0 Å². The number of nitrogens with one attached hydrogen (secondary N) is 1. The van der Waals surface area contributed by atoms with E-state index in [1.165, 1.54) is 0 Å². The van der Waals surface area contributed by atoms with Crippen LogP contribution in [0.4, 0.5) is 9.59 Å². The van der Waals surface area contributed by atoms with Gasteiger partial charge in [-0.25, -0.2) is 9.59 Å². The molecule has 0 spiro atoms. The van der Waals surface area contributed by atoms with Crippen LogP contribution in [0.5, 0.6) is 0 Å². The summed E-state index contributed by atoms with van der Waals surface area (Å²) in [7, 11) is 0. The molecule has 2 fully saturated rings. The monoisotopic (exact) mass is 433 g/mol. The van der Waals surface area contributed by atoms with E-state index in [4.69, 9.17) is 14.2 Å². The molecule has 1 saturated carbocycles. The molecule has 8 nitrogen and oxygen atoms in total. The Hall–Kier alpha value is -2.32. The average Bonchev–Trinajstić information content (AvgIpc) is 2.70. The van der Waals surface area contributed by atoms with Crippen LogP contribution < -0.4 is 5.32 Å². The molecule has 3 rings (SSSR count). The highest BCUT2D eigenvalue weighted by atomic mass is 16.6. The predicted octanol–water partition coefficient (Wildman–Crippen LogP) is 3.01. The Morgan fingerprint density at radius 1 is 1.06 bits per heavy atom. The molecular weight excluding hydrogens is 398 g/mol. The van der Waals surface area contributed by atoms with Crippen LogP contribution in [-0.2, 0) is 20.8 Å². The van der Waals surface area contributed by atoms with Crippen molar-refractivity contribution in [2.45, 2.75) is 58.0 Å². The van der Waals surface area contributed by atoms with Crippen molar-refractivity contribution in [2.24, 2.45) is 0 Å². The molecule has 1 heterocycles. The number of nitrogens with zero attached hydrogens (tertiary/aromatic N) is 2. The summed E-state index contributed by atoms with van der Waals surface area (Å²) in [5.74, 6) is 0. The van der Waals surface area contributed by atoms with Crippen molar-refractivity contribution in [3.05, 3.63) is 35.9 Å². The third-order valence-corrected chi connectivity index (χ3v) is 5.41. The van der Waals surface area contributed by atoms with Gasteiger partial charge in [-0.15, -0.1) is 0 Å². The number of hydrogen-bond donors (Lipinski definition) is 1. The van der Waals surface area contributed by atoms with Crippen LogP contribution in [0.25, 0.3) is 0 Å². The van der Waals surface area contributed by atoms with Gasteiger partial charge in [0.15, 0.2) is 0 Å². The minimum atomic E-state index is -0.480. The normalized spacial score (nSPS) is 21.8. The zero-order valence-corrected chi connectivity index (χ0v) is 18.8. The van der Waals surface area contributed by atoms with Gasteiger partial charge in [-0.05, 0) is 39.2 Å². The fourth-order valence-corrected chi connectivity index (χ4v) is 3.61. The maximum absolute atomic E-state index is 12.2. The van der Waals surface area contributed by atoms with E-state index >= 15 is 0 Å². The summed E-state index contributed by atoms with van der Waals surface area (Å²) in [5.41, 5.74) is 0.512. The topological polar surface area (TPSA) is 80.3 Å². The van der Waals surface area contributed by atoms with Gasteiger partial charge in [0.25, 0.3) is 0 Å². The molecule has 0 atom stereocenters. The molecule has 172 valence electrons. The first-order valence-electron chi connectivity index (χ1n) is 11.1. The predicted molar refractivity (Wildman–Crippen MR) is 117 cm³/mol. The number of alkyl carbamates (subject to hydrolysis) is 1. The van der Waals surface area contributed by atoms with E-state index in [9.17, 15) is 9.59 Å². The summed E-state index contributed by atoms with van der Waals surface area (Å²) in [6, 6.07) is 9.84. The second kappa shape index (κ2) is 10.8. The van der Waals surface area contributed by atoms with E-state index in [1.807, 2.05) is 51.1 Å².